The zero-order valence-electron chi connectivity index (χ0n) is 15.3. The monoisotopic (exact) mass is 502 g/mol. The summed E-state index contributed by atoms with van der Waals surface area (Å²) in [6.45, 7) is 0. The van der Waals surface area contributed by atoms with Gasteiger partial charge in [0, 0.05) is 22.2 Å². The van der Waals surface area contributed by atoms with Crippen molar-refractivity contribution in [2.45, 2.75) is 4.90 Å². The zero-order valence-corrected chi connectivity index (χ0v) is 18.6. The molecule has 0 aliphatic carbocycles. The van der Waals surface area contributed by atoms with Gasteiger partial charge < -0.3 is 9.05 Å². The lowest BCUT2D eigenvalue weighted by Gasteiger charge is -2.20. The molecule has 0 heterocycles. The smallest absolute Gasteiger partial charge is 0.404 e. The SMILES string of the molecule is O=[N+]([O-])c1ccc(S(=O)(=O)NP(=O)(Oc2ccc(Cl)cc2)Oc2ccc(Cl)cc2)cc1. The zero-order chi connectivity index (χ0) is 22.6. The number of non-ortho nitro benzene ring substituents is 1. The molecule has 0 saturated carbocycles. The highest BCUT2D eigenvalue weighted by Gasteiger charge is 2.36. The van der Waals surface area contributed by atoms with Crippen molar-refractivity contribution in [2.75, 3.05) is 0 Å². The van der Waals surface area contributed by atoms with E-state index >= 15 is 0 Å². The fourth-order valence-corrected chi connectivity index (χ4v) is 5.75. The number of benzene rings is 3. The number of sulfonamides is 1. The quantitative estimate of drug-likeness (QED) is 0.246. The molecule has 1 N–H and O–H groups in total. The normalized spacial score (nSPS) is 11.7. The number of halogens is 2. The van der Waals surface area contributed by atoms with E-state index in [0.717, 1.165) is 24.3 Å². The van der Waals surface area contributed by atoms with Crippen LogP contribution in [0.2, 0.25) is 10.0 Å². The van der Waals surface area contributed by atoms with Crippen molar-refractivity contribution in [1.29, 1.82) is 0 Å². The molecule has 0 aliphatic heterocycles. The van der Waals surface area contributed by atoms with Gasteiger partial charge in [-0.2, -0.15) is 0 Å². The average Bonchev–Trinajstić information content (AvgIpc) is 2.71. The molecule has 9 nitrogen and oxygen atoms in total. The minimum Gasteiger partial charge on any atom is -0.404 e. The molecule has 0 aliphatic rings. The molecule has 0 amide bonds. The molecule has 0 radical (unpaired) electrons. The number of nitrogens with zero attached hydrogens (tertiary/aromatic N) is 1. The van der Waals surface area contributed by atoms with Crippen LogP contribution in [0.5, 0.6) is 11.5 Å². The first-order valence-electron chi connectivity index (χ1n) is 8.35. The van der Waals surface area contributed by atoms with Gasteiger partial charge in [0.15, 0.2) is 0 Å². The fourth-order valence-electron chi connectivity index (χ4n) is 2.27. The van der Waals surface area contributed by atoms with E-state index in [4.69, 9.17) is 32.2 Å². The van der Waals surface area contributed by atoms with Crippen molar-refractivity contribution in [3.8, 4) is 11.5 Å². The molecule has 0 aromatic heterocycles. The van der Waals surface area contributed by atoms with Crippen LogP contribution in [0.1, 0.15) is 0 Å². The molecule has 3 rings (SSSR count). The Bertz CT molecular complexity index is 1180. The van der Waals surface area contributed by atoms with Gasteiger partial charge in [0.1, 0.15) is 11.5 Å². The number of hydrogen-bond acceptors (Lipinski definition) is 7. The molecule has 31 heavy (non-hydrogen) atoms. The largest absolute Gasteiger partial charge is 0.526 e. The molecule has 0 atom stereocenters. The van der Waals surface area contributed by atoms with Gasteiger partial charge in [-0.1, -0.05) is 27.7 Å². The summed E-state index contributed by atoms with van der Waals surface area (Å²) < 4.78 is 51.5. The standard InChI is InChI=1S/C18H13Cl2N2O7PS/c19-13-1-7-16(8-2-13)28-30(25,29-17-9-3-14(20)4-10-17)21-31(26,27)18-11-5-15(6-12-18)22(23)24/h1-12H,(H,21,25). The minimum absolute atomic E-state index is 0.0214. The van der Waals surface area contributed by atoms with E-state index in [1.165, 1.54) is 48.5 Å². The van der Waals surface area contributed by atoms with Gasteiger partial charge in [-0.3, -0.25) is 10.1 Å². The molecule has 0 unspecified atom stereocenters. The van der Waals surface area contributed by atoms with Crippen LogP contribution >= 0.6 is 30.9 Å². The van der Waals surface area contributed by atoms with Gasteiger partial charge in [0.2, 0.25) is 0 Å². The second kappa shape index (κ2) is 9.25. The van der Waals surface area contributed by atoms with Gasteiger partial charge >= 0.3 is 7.75 Å². The van der Waals surface area contributed by atoms with E-state index < -0.39 is 22.7 Å². The molecular weight excluding hydrogens is 490 g/mol. The second-order valence-electron chi connectivity index (χ2n) is 5.93. The molecule has 0 fully saturated rings. The van der Waals surface area contributed by atoms with Crippen LogP contribution in [0.25, 0.3) is 0 Å². The Morgan fingerprint density at radius 2 is 1.23 bits per heavy atom. The number of rotatable bonds is 8. The average molecular weight is 503 g/mol. The highest BCUT2D eigenvalue weighted by Crippen LogP contribution is 2.46. The maximum absolute atomic E-state index is 13.4. The summed E-state index contributed by atoms with van der Waals surface area (Å²) in [4.78, 5) is 9.73. The highest BCUT2D eigenvalue weighted by molar-refractivity contribution is 7.94. The first-order valence-corrected chi connectivity index (χ1v) is 12.1. The summed E-state index contributed by atoms with van der Waals surface area (Å²) in [5, 5.41) is 11.5. The maximum Gasteiger partial charge on any atom is 0.526 e. The predicted molar refractivity (Wildman–Crippen MR) is 115 cm³/mol. The van der Waals surface area contributed by atoms with Gasteiger partial charge in [-0.05, 0) is 60.7 Å². The van der Waals surface area contributed by atoms with E-state index in [1.807, 2.05) is 4.49 Å². The van der Waals surface area contributed by atoms with E-state index in [1.54, 1.807) is 0 Å². The number of nitro benzene ring substituents is 1. The molecule has 13 heteroatoms. The van der Waals surface area contributed by atoms with Crippen molar-refractivity contribution in [3.05, 3.63) is 93.0 Å². The van der Waals surface area contributed by atoms with Crippen molar-refractivity contribution in [1.82, 2.24) is 4.49 Å². The molecule has 0 spiro atoms. The van der Waals surface area contributed by atoms with Crippen molar-refractivity contribution >= 4 is 46.7 Å². The third-order valence-corrected chi connectivity index (χ3v) is 7.82. The third-order valence-electron chi connectivity index (χ3n) is 3.67. The molecule has 3 aromatic carbocycles. The Morgan fingerprint density at radius 1 is 0.806 bits per heavy atom. The third kappa shape index (κ3) is 6.19. The Morgan fingerprint density at radius 3 is 1.61 bits per heavy atom. The summed E-state index contributed by atoms with van der Waals surface area (Å²) in [6, 6.07) is 15.3. The van der Waals surface area contributed by atoms with Gasteiger partial charge in [0.25, 0.3) is 15.7 Å². The summed E-state index contributed by atoms with van der Waals surface area (Å²) in [7, 11) is -9.02. The van der Waals surface area contributed by atoms with Crippen molar-refractivity contribution < 1.29 is 27.0 Å². The Hall–Kier alpha value is -2.62. The maximum atomic E-state index is 13.4. The van der Waals surface area contributed by atoms with Crippen LogP contribution in [0, 0.1) is 10.1 Å². The van der Waals surface area contributed by atoms with Gasteiger partial charge in [-0.15, -0.1) is 0 Å². The summed E-state index contributed by atoms with van der Waals surface area (Å²) in [5.74, 6) is 0.0428. The molecule has 0 bridgehead atoms. The van der Waals surface area contributed by atoms with E-state index in [0.29, 0.717) is 10.0 Å². The minimum atomic E-state index is -4.57. The fraction of sp³-hybridized carbons (Fsp3) is 0. The summed E-state index contributed by atoms with van der Waals surface area (Å²) in [6.07, 6.45) is 0. The first-order chi connectivity index (χ1) is 14.6. The Balaban J connectivity index is 1.94. The predicted octanol–water partition coefficient (Wildman–Crippen LogP) is 5.45. The lowest BCUT2D eigenvalue weighted by Crippen LogP contribution is -2.26. The number of nitro groups is 1. The van der Waals surface area contributed by atoms with E-state index in [-0.39, 0.29) is 22.1 Å². The van der Waals surface area contributed by atoms with Crippen LogP contribution in [0.4, 0.5) is 5.69 Å². The molecule has 162 valence electrons. The van der Waals surface area contributed by atoms with Crippen LogP contribution < -0.4 is 13.5 Å². The van der Waals surface area contributed by atoms with E-state index in [2.05, 4.69) is 0 Å². The van der Waals surface area contributed by atoms with E-state index in [9.17, 15) is 23.1 Å². The molecular formula is C18H13Cl2N2O7PS. The molecule has 0 saturated heterocycles. The summed E-state index contributed by atoms with van der Waals surface area (Å²) in [5.41, 5.74) is -0.308. The molecule has 3 aromatic rings. The van der Waals surface area contributed by atoms with Crippen molar-refractivity contribution in [3.63, 3.8) is 0 Å². The van der Waals surface area contributed by atoms with Crippen molar-refractivity contribution in [2.24, 2.45) is 0 Å². The van der Waals surface area contributed by atoms with Crippen LogP contribution in [0.15, 0.2) is 77.7 Å². The number of hydrogen-bond donors (Lipinski definition) is 1. The van der Waals surface area contributed by atoms with Crippen LogP contribution in [-0.2, 0) is 14.6 Å². The van der Waals surface area contributed by atoms with Gasteiger partial charge in [0.05, 0.1) is 9.82 Å². The topological polar surface area (TPSA) is 125 Å². The second-order valence-corrected chi connectivity index (χ2v) is 10.4. The van der Waals surface area contributed by atoms with Crippen LogP contribution in [0.3, 0.4) is 0 Å². The summed E-state index contributed by atoms with van der Waals surface area (Å²) >= 11 is 11.6. The van der Waals surface area contributed by atoms with Crippen LogP contribution in [-0.4, -0.2) is 13.3 Å². The first kappa shape index (κ1) is 23.1. The Kier molecular flexibility index (Phi) is 6.88. The van der Waals surface area contributed by atoms with Gasteiger partial charge in [-0.25, -0.2) is 13.0 Å². The number of nitrogens with one attached hydrogen (secondary N) is 1. The highest BCUT2D eigenvalue weighted by atomic mass is 35.5. The Labute approximate surface area is 187 Å². The lowest BCUT2D eigenvalue weighted by molar-refractivity contribution is -0.384. The lowest BCUT2D eigenvalue weighted by atomic mass is 10.3.